The van der Waals surface area contributed by atoms with Crippen molar-refractivity contribution in [2.24, 2.45) is 5.73 Å². The van der Waals surface area contributed by atoms with E-state index in [0.717, 1.165) is 0 Å². The molecular formula is C11H18N2O3S. The number of ether oxygens (including phenoxy) is 1. The van der Waals surface area contributed by atoms with Gasteiger partial charge in [0.05, 0.1) is 7.11 Å². The number of nitrogens with two attached hydrogens (primary N) is 1. The normalized spacial score (nSPS) is 11.8. The summed E-state index contributed by atoms with van der Waals surface area (Å²) in [6.45, 7) is 0.864. The molecule has 0 saturated carbocycles. The van der Waals surface area contributed by atoms with Gasteiger partial charge >= 0.3 is 0 Å². The minimum absolute atomic E-state index is 0.182. The maximum Gasteiger partial charge on any atom is 0.246 e. The molecule has 0 aliphatic heterocycles. The molecule has 5 nitrogen and oxygen atoms in total. The number of para-hydroxylation sites is 1. The Morgan fingerprint density at radius 1 is 1.35 bits per heavy atom. The second-order valence-electron chi connectivity index (χ2n) is 3.62. The van der Waals surface area contributed by atoms with Gasteiger partial charge in [0.15, 0.2) is 0 Å². The Morgan fingerprint density at radius 3 is 2.59 bits per heavy atom. The van der Waals surface area contributed by atoms with E-state index < -0.39 is 10.0 Å². The third-order valence-electron chi connectivity index (χ3n) is 2.43. The van der Waals surface area contributed by atoms with Crippen LogP contribution in [0.15, 0.2) is 29.2 Å². The van der Waals surface area contributed by atoms with Gasteiger partial charge in [0.25, 0.3) is 0 Å². The van der Waals surface area contributed by atoms with E-state index in [0.29, 0.717) is 25.3 Å². The molecule has 0 fully saturated rings. The van der Waals surface area contributed by atoms with E-state index in [1.807, 2.05) is 0 Å². The zero-order valence-electron chi connectivity index (χ0n) is 10.1. The molecule has 1 aromatic carbocycles. The first-order valence-corrected chi connectivity index (χ1v) is 6.77. The van der Waals surface area contributed by atoms with E-state index in [2.05, 4.69) is 0 Å². The van der Waals surface area contributed by atoms with E-state index in [4.69, 9.17) is 10.5 Å². The number of sulfonamides is 1. The maximum absolute atomic E-state index is 12.2. The van der Waals surface area contributed by atoms with Gasteiger partial charge in [-0.05, 0) is 25.1 Å². The molecular weight excluding hydrogens is 240 g/mol. The molecule has 0 aromatic heterocycles. The van der Waals surface area contributed by atoms with Gasteiger partial charge in [0.1, 0.15) is 10.6 Å². The molecule has 0 spiro atoms. The van der Waals surface area contributed by atoms with Crippen molar-refractivity contribution in [2.75, 3.05) is 27.2 Å². The van der Waals surface area contributed by atoms with Crippen molar-refractivity contribution in [3.05, 3.63) is 24.3 Å². The summed E-state index contributed by atoms with van der Waals surface area (Å²) in [6.07, 6.45) is 0.630. The molecule has 0 heterocycles. The number of benzene rings is 1. The molecule has 0 unspecified atom stereocenters. The first-order chi connectivity index (χ1) is 8.04. The molecule has 1 rings (SSSR count). The second kappa shape index (κ2) is 6.00. The van der Waals surface area contributed by atoms with Crippen molar-refractivity contribution < 1.29 is 13.2 Å². The Balaban J connectivity index is 3.04. The van der Waals surface area contributed by atoms with Crippen LogP contribution in [0, 0.1) is 0 Å². The van der Waals surface area contributed by atoms with Gasteiger partial charge in [-0.3, -0.25) is 0 Å². The molecule has 0 radical (unpaired) electrons. The van der Waals surface area contributed by atoms with Crippen LogP contribution < -0.4 is 10.5 Å². The molecule has 0 aliphatic rings. The standard InChI is InChI=1S/C11H18N2O3S/c1-13(9-5-8-12)17(14,15)11-7-4-3-6-10(11)16-2/h3-4,6-7H,5,8-9,12H2,1-2H3. The summed E-state index contributed by atoms with van der Waals surface area (Å²) >= 11 is 0. The highest BCUT2D eigenvalue weighted by atomic mass is 32.2. The van der Waals surface area contributed by atoms with Crippen LogP contribution >= 0.6 is 0 Å². The molecule has 0 aliphatic carbocycles. The summed E-state index contributed by atoms with van der Waals surface area (Å²) in [4.78, 5) is 0.182. The second-order valence-corrected chi connectivity index (χ2v) is 5.63. The summed E-state index contributed by atoms with van der Waals surface area (Å²) in [5, 5.41) is 0. The molecule has 6 heteroatoms. The lowest BCUT2D eigenvalue weighted by Crippen LogP contribution is -2.29. The minimum Gasteiger partial charge on any atom is -0.495 e. The quantitative estimate of drug-likeness (QED) is 0.813. The zero-order chi connectivity index (χ0) is 12.9. The third kappa shape index (κ3) is 3.18. The lowest BCUT2D eigenvalue weighted by molar-refractivity contribution is 0.397. The fourth-order valence-electron chi connectivity index (χ4n) is 1.43. The van der Waals surface area contributed by atoms with E-state index in [1.54, 1.807) is 18.2 Å². The van der Waals surface area contributed by atoms with Gasteiger partial charge in [-0.1, -0.05) is 12.1 Å². The summed E-state index contributed by atoms with van der Waals surface area (Å²) in [5.74, 6) is 0.354. The highest BCUT2D eigenvalue weighted by molar-refractivity contribution is 7.89. The topological polar surface area (TPSA) is 72.6 Å². The Kier molecular flexibility index (Phi) is 4.92. The van der Waals surface area contributed by atoms with Gasteiger partial charge in [-0.15, -0.1) is 0 Å². The third-order valence-corrected chi connectivity index (χ3v) is 4.33. The van der Waals surface area contributed by atoms with Crippen LogP contribution in [0.1, 0.15) is 6.42 Å². The molecule has 0 saturated heterocycles. The van der Waals surface area contributed by atoms with Crippen LogP contribution in [-0.2, 0) is 10.0 Å². The molecule has 0 bridgehead atoms. The van der Waals surface area contributed by atoms with Crippen molar-refractivity contribution >= 4 is 10.0 Å². The first-order valence-electron chi connectivity index (χ1n) is 5.33. The number of nitrogens with zero attached hydrogens (tertiary/aromatic N) is 1. The smallest absolute Gasteiger partial charge is 0.246 e. The fourth-order valence-corrected chi connectivity index (χ4v) is 2.80. The highest BCUT2D eigenvalue weighted by Crippen LogP contribution is 2.25. The van der Waals surface area contributed by atoms with Crippen molar-refractivity contribution in [1.29, 1.82) is 0 Å². The van der Waals surface area contributed by atoms with E-state index in [9.17, 15) is 8.42 Å². The van der Waals surface area contributed by atoms with E-state index >= 15 is 0 Å². The van der Waals surface area contributed by atoms with E-state index in [-0.39, 0.29) is 4.90 Å². The highest BCUT2D eigenvalue weighted by Gasteiger charge is 2.23. The molecule has 0 atom stereocenters. The van der Waals surface area contributed by atoms with Gasteiger partial charge in [-0.2, -0.15) is 0 Å². The average Bonchev–Trinajstić information content (AvgIpc) is 2.35. The monoisotopic (exact) mass is 258 g/mol. The Labute approximate surface area is 102 Å². The van der Waals surface area contributed by atoms with Crippen molar-refractivity contribution in [2.45, 2.75) is 11.3 Å². The van der Waals surface area contributed by atoms with Crippen LogP contribution in [-0.4, -0.2) is 40.0 Å². The average molecular weight is 258 g/mol. The van der Waals surface area contributed by atoms with Gasteiger partial charge in [0, 0.05) is 13.6 Å². The lowest BCUT2D eigenvalue weighted by Gasteiger charge is -2.18. The van der Waals surface area contributed by atoms with Crippen LogP contribution in [0.3, 0.4) is 0 Å². The molecule has 96 valence electrons. The number of methoxy groups -OCH3 is 1. The first kappa shape index (κ1) is 14.0. The van der Waals surface area contributed by atoms with Crippen LogP contribution in [0.5, 0.6) is 5.75 Å². The molecule has 2 N–H and O–H groups in total. The Hall–Kier alpha value is -1.11. The lowest BCUT2D eigenvalue weighted by atomic mass is 10.3. The van der Waals surface area contributed by atoms with Crippen LogP contribution in [0.25, 0.3) is 0 Å². The predicted molar refractivity (Wildman–Crippen MR) is 66.5 cm³/mol. The minimum atomic E-state index is -3.50. The van der Waals surface area contributed by atoms with E-state index in [1.165, 1.54) is 24.5 Å². The molecule has 0 amide bonds. The summed E-state index contributed by atoms with van der Waals surface area (Å²) < 4.78 is 30.8. The van der Waals surface area contributed by atoms with Gasteiger partial charge < -0.3 is 10.5 Å². The fraction of sp³-hybridized carbons (Fsp3) is 0.455. The van der Waals surface area contributed by atoms with Gasteiger partial charge in [-0.25, -0.2) is 12.7 Å². The van der Waals surface area contributed by atoms with Crippen molar-refractivity contribution in [1.82, 2.24) is 4.31 Å². The Bertz CT molecular complexity index is 460. The van der Waals surface area contributed by atoms with Crippen molar-refractivity contribution in [3.63, 3.8) is 0 Å². The number of hydrogen-bond donors (Lipinski definition) is 1. The van der Waals surface area contributed by atoms with Gasteiger partial charge in [0.2, 0.25) is 10.0 Å². The number of rotatable bonds is 6. The molecule has 17 heavy (non-hydrogen) atoms. The maximum atomic E-state index is 12.2. The van der Waals surface area contributed by atoms with Crippen molar-refractivity contribution in [3.8, 4) is 5.75 Å². The Morgan fingerprint density at radius 2 is 2.00 bits per heavy atom. The largest absolute Gasteiger partial charge is 0.495 e. The summed E-state index contributed by atoms with van der Waals surface area (Å²) in [6, 6.07) is 6.57. The predicted octanol–water partition coefficient (Wildman–Crippen LogP) is 0.664. The molecule has 1 aromatic rings. The summed E-state index contributed by atoms with van der Waals surface area (Å²) in [5.41, 5.74) is 5.37. The summed E-state index contributed by atoms with van der Waals surface area (Å²) in [7, 11) is -0.509. The SMILES string of the molecule is COc1ccccc1S(=O)(=O)N(C)CCCN. The zero-order valence-corrected chi connectivity index (χ0v) is 10.9. The number of hydrogen-bond acceptors (Lipinski definition) is 4. The van der Waals surface area contributed by atoms with Crippen LogP contribution in [0.2, 0.25) is 0 Å². The van der Waals surface area contributed by atoms with Crippen LogP contribution in [0.4, 0.5) is 0 Å².